The van der Waals surface area contributed by atoms with Crippen LogP contribution < -0.4 is 10.6 Å². The van der Waals surface area contributed by atoms with E-state index in [4.69, 9.17) is 4.74 Å². The van der Waals surface area contributed by atoms with Crippen molar-refractivity contribution in [2.45, 2.75) is 44.9 Å². The first kappa shape index (κ1) is 16.5. The Bertz CT molecular complexity index is 656. The molecule has 2 aromatic rings. The number of hydrogen-bond acceptors (Lipinski definition) is 3. The number of nitrogens with one attached hydrogen (secondary N) is 2. The topological polar surface area (TPSA) is 68.2 Å². The van der Waals surface area contributed by atoms with Crippen molar-refractivity contribution in [1.29, 1.82) is 0 Å². The lowest BCUT2D eigenvalue weighted by Crippen LogP contribution is -2.42. The zero-order valence-corrected chi connectivity index (χ0v) is 13.9. The van der Waals surface area contributed by atoms with Crippen molar-refractivity contribution in [3.05, 3.63) is 48.2 Å². The van der Waals surface area contributed by atoms with E-state index in [1.54, 1.807) is 10.9 Å². The van der Waals surface area contributed by atoms with E-state index in [2.05, 4.69) is 34.8 Å². The van der Waals surface area contributed by atoms with Gasteiger partial charge in [-0.05, 0) is 24.8 Å². The fraction of sp³-hybridized carbons (Fsp3) is 0.444. The zero-order valence-electron chi connectivity index (χ0n) is 13.9. The first-order valence-electron chi connectivity index (χ1n) is 8.52. The molecule has 128 valence electrons. The van der Waals surface area contributed by atoms with Gasteiger partial charge in [-0.15, -0.1) is 0 Å². The van der Waals surface area contributed by atoms with Crippen LogP contribution in [0.5, 0.6) is 0 Å². The fourth-order valence-electron chi connectivity index (χ4n) is 2.99. The Kier molecular flexibility index (Phi) is 5.48. The summed E-state index contributed by atoms with van der Waals surface area (Å²) in [5.74, 6) is 0.723. The summed E-state index contributed by atoms with van der Waals surface area (Å²) in [5.41, 5.74) is 1.16. The zero-order chi connectivity index (χ0) is 16.8. The van der Waals surface area contributed by atoms with Crippen LogP contribution in [0.15, 0.2) is 42.6 Å². The monoisotopic (exact) mass is 328 g/mol. The predicted molar refractivity (Wildman–Crippen MR) is 92.8 cm³/mol. The Labute approximate surface area is 142 Å². The first-order chi connectivity index (χ1) is 11.8. The average molecular weight is 328 g/mol. The molecule has 0 unspecified atom stereocenters. The van der Waals surface area contributed by atoms with Gasteiger partial charge in [-0.1, -0.05) is 37.3 Å². The minimum Gasteiger partial charge on any atom is -0.373 e. The maximum absolute atomic E-state index is 12.3. The molecule has 0 radical (unpaired) electrons. The Balaban J connectivity index is 1.55. The van der Waals surface area contributed by atoms with Gasteiger partial charge in [0.25, 0.3) is 0 Å². The lowest BCUT2D eigenvalue weighted by Gasteiger charge is -2.30. The minimum atomic E-state index is -0.188. The number of amides is 2. The SMILES string of the molecule is CCCn1nccc1NC(=O)N[C@H]1CCO[C@H](c2ccccc2)C1. The summed E-state index contributed by atoms with van der Waals surface area (Å²) < 4.78 is 7.65. The van der Waals surface area contributed by atoms with E-state index in [0.29, 0.717) is 6.61 Å². The maximum Gasteiger partial charge on any atom is 0.320 e. The number of aromatic nitrogens is 2. The molecule has 1 aromatic heterocycles. The van der Waals surface area contributed by atoms with E-state index in [1.807, 2.05) is 24.3 Å². The third-order valence-electron chi connectivity index (χ3n) is 4.18. The summed E-state index contributed by atoms with van der Waals surface area (Å²) in [5, 5.41) is 10.2. The third kappa shape index (κ3) is 4.14. The van der Waals surface area contributed by atoms with E-state index in [1.165, 1.54) is 0 Å². The molecule has 1 aromatic carbocycles. The van der Waals surface area contributed by atoms with Crippen molar-refractivity contribution in [2.75, 3.05) is 11.9 Å². The summed E-state index contributed by atoms with van der Waals surface area (Å²) in [6, 6.07) is 11.9. The van der Waals surface area contributed by atoms with Gasteiger partial charge in [-0.25, -0.2) is 9.48 Å². The van der Waals surface area contributed by atoms with Gasteiger partial charge >= 0.3 is 6.03 Å². The Morgan fingerprint density at radius 1 is 1.33 bits per heavy atom. The van der Waals surface area contributed by atoms with Crippen LogP contribution in [-0.4, -0.2) is 28.5 Å². The average Bonchev–Trinajstić information content (AvgIpc) is 3.03. The van der Waals surface area contributed by atoms with E-state index < -0.39 is 0 Å². The molecule has 3 rings (SSSR count). The summed E-state index contributed by atoms with van der Waals surface area (Å²) in [4.78, 5) is 12.3. The molecule has 0 saturated carbocycles. The fourth-order valence-corrected chi connectivity index (χ4v) is 2.99. The molecule has 0 spiro atoms. The number of hydrogen-bond donors (Lipinski definition) is 2. The van der Waals surface area contributed by atoms with Crippen LogP contribution in [0.4, 0.5) is 10.6 Å². The standard InChI is InChI=1S/C18H24N4O2/c1-2-11-22-17(8-10-19-22)21-18(23)20-15-9-12-24-16(13-15)14-6-4-3-5-7-14/h3-8,10,15-16H,2,9,11-13H2,1H3,(H2,20,21,23)/t15-,16-/m0/s1. The van der Waals surface area contributed by atoms with E-state index in [9.17, 15) is 4.79 Å². The summed E-state index contributed by atoms with van der Waals surface area (Å²) >= 11 is 0. The van der Waals surface area contributed by atoms with Crippen molar-refractivity contribution < 1.29 is 9.53 Å². The number of urea groups is 1. The number of ether oxygens (including phenoxy) is 1. The Hall–Kier alpha value is -2.34. The van der Waals surface area contributed by atoms with Gasteiger partial charge < -0.3 is 10.1 Å². The van der Waals surface area contributed by atoms with Gasteiger partial charge in [0.05, 0.1) is 12.3 Å². The minimum absolute atomic E-state index is 0.0378. The quantitative estimate of drug-likeness (QED) is 0.884. The Morgan fingerprint density at radius 3 is 2.96 bits per heavy atom. The van der Waals surface area contributed by atoms with Crippen molar-refractivity contribution in [3.63, 3.8) is 0 Å². The number of nitrogens with zero attached hydrogens (tertiary/aromatic N) is 2. The molecule has 2 atom stereocenters. The highest BCUT2D eigenvalue weighted by Crippen LogP contribution is 2.27. The molecule has 1 aliphatic heterocycles. The van der Waals surface area contributed by atoms with Crippen molar-refractivity contribution in [1.82, 2.24) is 15.1 Å². The third-order valence-corrected chi connectivity index (χ3v) is 4.18. The predicted octanol–water partition coefficient (Wildman–Crippen LogP) is 3.33. The number of anilines is 1. The van der Waals surface area contributed by atoms with Gasteiger partial charge in [0, 0.05) is 25.3 Å². The summed E-state index contributed by atoms with van der Waals surface area (Å²) in [7, 11) is 0. The number of aryl methyl sites for hydroxylation is 1. The molecule has 2 amide bonds. The van der Waals surface area contributed by atoms with E-state index >= 15 is 0 Å². The summed E-state index contributed by atoms with van der Waals surface area (Å²) in [6.07, 6.45) is 4.31. The highest BCUT2D eigenvalue weighted by molar-refractivity contribution is 5.88. The van der Waals surface area contributed by atoms with Crippen molar-refractivity contribution in [3.8, 4) is 0 Å². The van der Waals surface area contributed by atoms with E-state index in [-0.39, 0.29) is 18.2 Å². The Morgan fingerprint density at radius 2 is 2.17 bits per heavy atom. The van der Waals surface area contributed by atoms with Crippen LogP contribution in [0.3, 0.4) is 0 Å². The van der Waals surface area contributed by atoms with E-state index in [0.717, 1.165) is 37.2 Å². The number of carbonyl (C=O) groups is 1. The first-order valence-corrected chi connectivity index (χ1v) is 8.52. The molecule has 6 nitrogen and oxygen atoms in total. The maximum atomic E-state index is 12.3. The van der Waals surface area contributed by atoms with Crippen LogP contribution >= 0.6 is 0 Å². The smallest absolute Gasteiger partial charge is 0.320 e. The van der Waals surface area contributed by atoms with Gasteiger partial charge in [0.1, 0.15) is 5.82 Å². The van der Waals surface area contributed by atoms with Crippen molar-refractivity contribution in [2.24, 2.45) is 0 Å². The van der Waals surface area contributed by atoms with Crippen LogP contribution in [0.1, 0.15) is 37.9 Å². The van der Waals surface area contributed by atoms with Crippen LogP contribution in [0, 0.1) is 0 Å². The molecular formula is C18H24N4O2. The molecule has 0 bridgehead atoms. The second-order valence-corrected chi connectivity index (χ2v) is 6.03. The lowest BCUT2D eigenvalue weighted by molar-refractivity contribution is 0.00253. The number of carbonyl (C=O) groups excluding carboxylic acids is 1. The molecule has 24 heavy (non-hydrogen) atoms. The van der Waals surface area contributed by atoms with Gasteiger partial charge in [-0.2, -0.15) is 5.10 Å². The number of benzene rings is 1. The largest absolute Gasteiger partial charge is 0.373 e. The van der Waals surface area contributed by atoms with Gasteiger partial charge in [-0.3, -0.25) is 5.32 Å². The van der Waals surface area contributed by atoms with Crippen LogP contribution in [-0.2, 0) is 11.3 Å². The summed E-state index contributed by atoms with van der Waals surface area (Å²) in [6.45, 7) is 3.52. The molecular weight excluding hydrogens is 304 g/mol. The molecule has 2 heterocycles. The molecule has 6 heteroatoms. The lowest BCUT2D eigenvalue weighted by atomic mass is 9.97. The van der Waals surface area contributed by atoms with Crippen LogP contribution in [0.2, 0.25) is 0 Å². The molecule has 1 saturated heterocycles. The van der Waals surface area contributed by atoms with Gasteiger partial charge in [0.2, 0.25) is 0 Å². The molecule has 1 aliphatic rings. The second kappa shape index (κ2) is 7.97. The van der Waals surface area contributed by atoms with Crippen LogP contribution in [0.25, 0.3) is 0 Å². The normalized spacial score (nSPS) is 20.5. The highest BCUT2D eigenvalue weighted by atomic mass is 16.5. The highest BCUT2D eigenvalue weighted by Gasteiger charge is 2.25. The van der Waals surface area contributed by atoms with Gasteiger partial charge in [0.15, 0.2) is 0 Å². The molecule has 1 fully saturated rings. The second-order valence-electron chi connectivity index (χ2n) is 6.03. The number of rotatable bonds is 5. The molecule has 2 N–H and O–H groups in total. The molecule has 0 aliphatic carbocycles. The van der Waals surface area contributed by atoms with Crippen molar-refractivity contribution >= 4 is 11.8 Å².